The molecule has 5 rings (SSSR count). The molecule has 1 aliphatic heterocycles. The summed E-state index contributed by atoms with van der Waals surface area (Å²) in [6.07, 6.45) is 8.08. The van der Waals surface area contributed by atoms with Gasteiger partial charge in [0, 0.05) is 41.8 Å². The fourth-order valence-corrected chi connectivity index (χ4v) is 5.28. The molecule has 2 aromatic heterocycles. The van der Waals surface area contributed by atoms with Crippen molar-refractivity contribution >= 4 is 16.8 Å². The molecule has 1 aliphatic carbocycles. The molecule has 1 amide bonds. The number of rotatable bonds is 2. The van der Waals surface area contributed by atoms with E-state index in [1.165, 1.54) is 0 Å². The Kier molecular flexibility index (Phi) is 4.78. The van der Waals surface area contributed by atoms with Gasteiger partial charge in [0.15, 0.2) is 0 Å². The number of benzene rings is 1. The molecule has 1 N–H and O–H groups in total. The van der Waals surface area contributed by atoms with Gasteiger partial charge in [-0.1, -0.05) is 18.1 Å². The summed E-state index contributed by atoms with van der Waals surface area (Å²) in [5, 5.41) is 11.5. The fraction of sp³-hybridized carbons (Fsp3) is 0.400. The Labute approximate surface area is 176 Å². The van der Waals surface area contributed by atoms with Crippen LogP contribution in [0.2, 0.25) is 0 Å². The number of carbonyl (C=O) groups is 1. The molecule has 5 heteroatoms. The average molecular weight is 402 g/mol. The molecule has 1 saturated carbocycles. The molecule has 154 valence electrons. The maximum absolute atomic E-state index is 13.8. The predicted molar refractivity (Wildman–Crippen MR) is 117 cm³/mol. The molecule has 0 radical (unpaired) electrons. The number of hydrogen-bond acceptors (Lipinski definition) is 4. The Morgan fingerprint density at radius 1 is 1.20 bits per heavy atom. The SMILES string of the molecule is Cc1ccc2nc(-c3cccnc3)cc(C(=O)N3CCC[C@]4(CCC[C@H]4O)C3)c2c1. The van der Waals surface area contributed by atoms with Gasteiger partial charge in [-0.25, -0.2) is 4.98 Å². The van der Waals surface area contributed by atoms with Crippen LogP contribution in [0.1, 0.15) is 48.0 Å². The number of piperidine rings is 1. The number of aromatic nitrogens is 2. The van der Waals surface area contributed by atoms with E-state index in [2.05, 4.69) is 4.98 Å². The third-order valence-electron chi connectivity index (χ3n) is 6.91. The molecule has 3 heterocycles. The summed E-state index contributed by atoms with van der Waals surface area (Å²) in [6, 6.07) is 11.8. The smallest absolute Gasteiger partial charge is 0.254 e. The van der Waals surface area contributed by atoms with Crippen LogP contribution in [0.5, 0.6) is 0 Å². The lowest BCUT2D eigenvalue weighted by Gasteiger charge is -2.42. The Morgan fingerprint density at radius 2 is 2.07 bits per heavy atom. The van der Waals surface area contributed by atoms with Crippen LogP contribution in [0.4, 0.5) is 0 Å². The van der Waals surface area contributed by atoms with Crippen molar-refractivity contribution in [3.05, 3.63) is 59.9 Å². The van der Waals surface area contributed by atoms with E-state index >= 15 is 0 Å². The molecule has 2 fully saturated rings. The third-order valence-corrected chi connectivity index (χ3v) is 6.91. The lowest BCUT2D eigenvalue weighted by atomic mass is 9.76. The molecule has 1 saturated heterocycles. The summed E-state index contributed by atoms with van der Waals surface area (Å²) >= 11 is 0. The molecule has 2 atom stereocenters. The minimum atomic E-state index is -0.296. The first kappa shape index (κ1) is 19.2. The molecule has 1 spiro atoms. The lowest BCUT2D eigenvalue weighted by Crippen LogP contribution is -2.49. The zero-order chi connectivity index (χ0) is 20.7. The summed E-state index contributed by atoms with van der Waals surface area (Å²) in [6.45, 7) is 3.42. The number of aliphatic hydroxyl groups excluding tert-OH is 1. The van der Waals surface area contributed by atoms with Crippen LogP contribution in [0.15, 0.2) is 48.8 Å². The maximum atomic E-state index is 13.8. The third kappa shape index (κ3) is 3.27. The number of amides is 1. The van der Waals surface area contributed by atoms with E-state index < -0.39 is 0 Å². The van der Waals surface area contributed by atoms with Gasteiger partial charge in [0.25, 0.3) is 5.91 Å². The quantitative estimate of drug-likeness (QED) is 0.692. The van der Waals surface area contributed by atoms with Gasteiger partial charge in [-0.2, -0.15) is 0 Å². The zero-order valence-corrected chi connectivity index (χ0v) is 17.3. The van der Waals surface area contributed by atoms with Crippen LogP contribution >= 0.6 is 0 Å². The Balaban J connectivity index is 1.58. The van der Waals surface area contributed by atoms with Gasteiger partial charge in [0.1, 0.15) is 0 Å². The maximum Gasteiger partial charge on any atom is 0.254 e. The van der Waals surface area contributed by atoms with Gasteiger partial charge in [-0.05, 0) is 62.9 Å². The highest BCUT2D eigenvalue weighted by atomic mass is 16.3. The van der Waals surface area contributed by atoms with Gasteiger partial charge in [0.2, 0.25) is 0 Å². The second kappa shape index (κ2) is 7.47. The van der Waals surface area contributed by atoms with Gasteiger partial charge >= 0.3 is 0 Å². The number of likely N-dealkylation sites (tertiary alicyclic amines) is 1. The highest BCUT2D eigenvalue weighted by Gasteiger charge is 2.45. The number of hydrogen-bond donors (Lipinski definition) is 1. The summed E-state index contributed by atoms with van der Waals surface area (Å²) in [5.41, 5.74) is 4.14. The van der Waals surface area contributed by atoms with Crippen LogP contribution in [0.3, 0.4) is 0 Å². The van der Waals surface area contributed by atoms with Crippen molar-refractivity contribution in [3.8, 4) is 11.3 Å². The van der Waals surface area contributed by atoms with Crippen molar-refractivity contribution in [2.75, 3.05) is 13.1 Å². The fourth-order valence-electron chi connectivity index (χ4n) is 5.28. The summed E-state index contributed by atoms with van der Waals surface area (Å²) in [4.78, 5) is 24.7. The van der Waals surface area contributed by atoms with Crippen molar-refractivity contribution in [2.24, 2.45) is 5.41 Å². The molecule has 0 unspecified atom stereocenters. The van der Waals surface area contributed by atoms with Crippen LogP contribution in [0.25, 0.3) is 22.2 Å². The summed E-state index contributed by atoms with van der Waals surface area (Å²) < 4.78 is 0. The molecule has 2 aliphatic rings. The first-order chi connectivity index (χ1) is 14.6. The second-order valence-electron chi connectivity index (χ2n) is 8.92. The van der Waals surface area contributed by atoms with Crippen molar-refractivity contribution in [3.63, 3.8) is 0 Å². The van der Waals surface area contributed by atoms with Crippen LogP contribution < -0.4 is 0 Å². The van der Waals surface area contributed by atoms with E-state index in [0.717, 1.165) is 66.4 Å². The van der Waals surface area contributed by atoms with Crippen molar-refractivity contribution in [2.45, 2.75) is 45.1 Å². The van der Waals surface area contributed by atoms with Crippen molar-refractivity contribution < 1.29 is 9.90 Å². The van der Waals surface area contributed by atoms with Crippen LogP contribution in [-0.2, 0) is 0 Å². The average Bonchev–Trinajstić information content (AvgIpc) is 3.12. The highest BCUT2D eigenvalue weighted by molar-refractivity contribution is 6.07. The zero-order valence-electron chi connectivity index (χ0n) is 17.3. The minimum absolute atomic E-state index is 0.0383. The molecular formula is C25H27N3O2. The van der Waals surface area contributed by atoms with E-state index in [-0.39, 0.29) is 17.4 Å². The number of pyridine rings is 2. The monoisotopic (exact) mass is 401 g/mol. The van der Waals surface area contributed by atoms with Crippen LogP contribution in [0, 0.1) is 12.3 Å². The van der Waals surface area contributed by atoms with E-state index in [9.17, 15) is 9.90 Å². The Bertz CT molecular complexity index is 1100. The van der Waals surface area contributed by atoms with Gasteiger partial charge in [-0.3, -0.25) is 9.78 Å². The first-order valence-electron chi connectivity index (χ1n) is 10.8. The largest absolute Gasteiger partial charge is 0.392 e. The number of aliphatic hydroxyl groups is 1. The van der Waals surface area contributed by atoms with E-state index in [4.69, 9.17) is 4.98 Å². The molecule has 0 bridgehead atoms. The van der Waals surface area contributed by atoms with Gasteiger partial charge in [0.05, 0.1) is 22.9 Å². The Morgan fingerprint density at radius 3 is 2.83 bits per heavy atom. The highest BCUT2D eigenvalue weighted by Crippen LogP contribution is 2.45. The normalized spacial score (nSPS) is 23.9. The lowest BCUT2D eigenvalue weighted by molar-refractivity contribution is -0.00529. The molecule has 1 aromatic carbocycles. The summed E-state index contributed by atoms with van der Waals surface area (Å²) in [7, 11) is 0. The standard InChI is InChI=1S/C25H27N3O2/c1-17-7-8-21-19(13-17)20(14-22(27-21)18-5-3-11-26-15-18)24(30)28-12-4-10-25(16-28)9-2-6-23(25)29/h3,5,7-8,11,13-15,23,29H,2,4,6,9-10,12,16H2,1H3/t23-,25-/m1/s1. The Hall–Kier alpha value is -2.79. The van der Waals surface area contributed by atoms with Gasteiger partial charge in [-0.15, -0.1) is 0 Å². The molecule has 3 aromatic rings. The second-order valence-corrected chi connectivity index (χ2v) is 8.92. The minimum Gasteiger partial charge on any atom is -0.392 e. The molecular weight excluding hydrogens is 374 g/mol. The van der Waals surface area contributed by atoms with Gasteiger partial charge < -0.3 is 10.0 Å². The van der Waals surface area contributed by atoms with Crippen LogP contribution in [-0.4, -0.2) is 45.1 Å². The van der Waals surface area contributed by atoms with E-state index in [1.54, 1.807) is 12.4 Å². The topological polar surface area (TPSA) is 66.3 Å². The number of nitrogens with zero attached hydrogens (tertiary/aromatic N) is 3. The van der Waals surface area contributed by atoms with Crippen molar-refractivity contribution in [1.82, 2.24) is 14.9 Å². The predicted octanol–water partition coefficient (Wildman–Crippen LogP) is 4.37. The molecule has 5 nitrogen and oxygen atoms in total. The van der Waals surface area contributed by atoms with Crippen molar-refractivity contribution in [1.29, 1.82) is 0 Å². The summed E-state index contributed by atoms with van der Waals surface area (Å²) in [5.74, 6) is 0.0383. The number of carbonyl (C=O) groups excluding carboxylic acids is 1. The number of fused-ring (bicyclic) bond motifs is 1. The first-order valence-corrected chi connectivity index (χ1v) is 10.8. The van der Waals surface area contributed by atoms with E-state index in [0.29, 0.717) is 12.1 Å². The van der Waals surface area contributed by atoms with E-state index in [1.807, 2.05) is 48.2 Å². The molecule has 30 heavy (non-hydrogen) atoms. The number of aryl methyl sites for hydroxylation is 1.